The molecule has 2 atom stereocenters. The highest BCUT2D eigenvalue weighted by molar-refractivity contribution is 5.75. The van der Waals surface area contributed by atoms with Gasteiger partial charge in [0.15, 0.2) is 0 Å². The molecule has 1 saturated carbocycles. The highest BCUT2D eigenvalue weighted by Gasteiger charge is 2.27. The van der Waals surface area contributed by atoms with Crippen molar-refractivity contribution < 1.29 is 4.79 Å². The van der Waals surface area contributed by atoms with Gasteiger partial charge in [0.1, 0.15) is 0 Å². The van der Waals surface area contributed by atoms with E-state index in [4.69, 9.17) is 5.73 Å². The number of carbonyl (C=O) groups is 1. The normalized spacial score (nSPS) is 28.6. The molecule has 1 aliphatic heterocycles. The number of carbonyl (C=O) groups excluding carboxylic acids is 1. The van der Waals surface area contributed by atoms with Crippen molar-refractivity contribution in [1.82, 2.24) is 10.2 Å². The summed E-state index contributed by atoms with van der Waals surface area (Å²) in [7, 11) is 0. The molecule has 0 spiro atoms. The Bertz CT molecular complexity index is 315. The Morgan fingerprint density at radius 1 is 1.19 bits per heavy atom. The van der Waals surface area contributed by atoms with Crippen LogP contribution in [0.4, 0.5) is 0 Å². The van der Waals surface area contributed by atoms with Crippen LogP contribution in [-0.2, 0) is 4.79 Å². The lowest BCUT2D eigenvalue weighted by molar-refractivity contribution is -0.119. The zero-order valence-corrected chi connectivity index (χ0v) is 13.7. The maximum Gasteiger partial charge on any atom is 0.231 e. The second kappa shape index (κ2) is 8.74. The van der Waals surface area contributed by atoms with Crippen LogP contribution in [0.3, 0.4) is 0 Å². The van der Waals surface area contributed by atoms with Crippen molar-refractivity contribution in [2.24, 2.45) is 17.6 Å². The minimum atomic E-state index is -0.196. The van der Waals surface area contributed by atoms with Crippen molar-refractivity contribution in [3.63, 3.8) is 0 Å². The number of piperidine rings is 1. The minimum absolute atomic E-state index is 0.196. The average molecular weight is 295 g/mol. The van der Waals surface area contributed by atoms with Gasteiger partial charge in [-0.2, -0.15) is 0 Å². The molecule has 21 heavy (non-hydrogen) atoms. The lowest BCUT2D eigenvalue weighted by atomic mass is 9.87. The number of nitrogens with two attached hydrogens (primary N) is 1. The van der Waals surface area contributed by atoms with Crippen molar-refractivity contribution in [2.45, 2.75) is 64.3 Å². The summed E-state index contributed by atoms with van der Waals surface area (Å²) >= 11 is 0. The molecule has 4 nitrogen and oxygen atoms in total. The maximum atomic E-state index is 11.2. The van der Waals surface area contributed by atoms with Crippen molar-refractivity contribution >= 4 is 5.91 Å². The first-order valence-corrected chi connectivity index (χ1v) is 8.91. The zero-order chi connectivity index (χ0) is 15.1. The van der Waals surface area contributed by atoms with Crippen LogP contribution in [0.2, 0.25) is 0 Å². The fourth-order valence-electron chi connectivity index (χ4n) is 4.14. The van der Waals surface area contributed by atoms with Gasteiger partial charge < -0.3 is 11.1 Å². The highest BCUT2D eigenvalue weighted by Crippen LogP contribution is 2.25. The van der Waals surface area contributed by atoms with Crippen LogP contribution in [0.25, 0.3) is 0 Å². The summed E-state index contributed by atoms with van der Waals surface area (Å²) in [6, 6.07) is 0.538. The van der Waals surface area contributed by atoms with E-state index < -0.39 is 0 Å². The van der Waals surface area contributed by atoms with Gasteiger partial charge in [-0.05, 0) is 44.1 Å². The third kappa shape index (κ3) is 5.95. The molecule has 3 N–H and O–H groups in total. The van der Waals surface area contributed by atoms with Gasteiger partial charge in [-0.1, -0.05) is 32.6 Å². The van der Waals surface area contributed by atoms with Gasteiger partial charge in [0.25, 0.3) is 0 Å². The predicted molar refractivity (Wildman–Crippen MR) is 87.0 cm³/mol. The standard InChI is InChI=1S/C17H33N3O/c1-2-6-15-9-16(12-20(11-15)13-17(18)21)19-10-14-7-4-3-5-8-14/h14-16,19H,2-13H2,1H3,(H2,18,21). The first-order valence-electron chi connectivity index (χ1n) is 8.91. The number of likely N-dealkylation sites (tertiary alicyclic amines) is 1. The molecule has 1 heterocycles. The molecule has 122 valence electrons. The molecule has 0 bridgehead atoms. The Balaban J connectivity index is 1.79. The number of nitrogens with zero attached hydrogens (tertiary/aromatic N) is 1. The monoisotopic (exact) mass is 295 g/mol. The van der Waals surface area contributed by atoms with Crippen LogP contribution >= 0.6 is 0 Å². The molecule has 2 aliphatic rings. The molecule has 0 aromatic rings. The Labute approximate surface area is 129 Å². The molecule has 4 heteroatoms. The molecule has 1 saturated heterocycles. The van der Waals surface area contributed by atoms with E-state index in [1.807, 2.05) is 0 Å². The summed E-state index contributed by atoms with van der Waals surface area (Å²) in [6.45, 7) is 5.85. The van der Waals surface area contributed by atoms with E-state index in [0.29, 0.717) is 18.5 Å². The topological polar surface area (TPSA) is 58.4 Å². The van der Waals surface area contributed by atoms with E-state index in [0.717, 1.165) is 25.6 Å². The molecule has 1 amide bonds. The molecule has 0 radical (unpaired) electrons. The lowest BCUT2D eigenvalue weighted by Gasteiger charge is -2.38. The van der Waals surface area contributed by atoms with Crippen molar-refractivity contribution in [3.05, 3.63) is 0 Å². The summed E-state index contributed by atoms with van der Waals surface area (Å²) in [5.74, 6) is 1.39. The molecule has 0 aromatic carbocycles. The first kappa shape index (κ1) is 16.8. The molecule has 1 aliphatic carbocycles. The van der Waals surface area contributed by atoms with Crippen LogP contribution in [-0.4, -0.2) is 43.0 Å². The zero-order valence-electron chi connectivity index (χ0n) is 13.7. The van der Waals surface area contributed by atoms with E-state index in [1.54, 1.807) is 0 Å². The largest absolute Gasteiger partial charge is 0.369 e. The third-order valence-corrected chi connectivity index (χ3v) is 5.11. The van der Waals surface area contributed by atoms with Gasteiger partial charge >= 0.3 is 0 Å². The van der Waals surface area contributed by atoms with Gasteiger partial charge in [0.05, 0.1) is 6.54 Å². The predicted octanol–water partition coefficient (Wildman–Crippen LogP) is 2.13. The van der Waals surface area contributed by atoms with Crippen molar-refractivity contribution in [2.75, 3.05) is 26.2 Å². The Hall–Kier alpha value is -0.610. The number of nitrogens with one attached hydrogen (secondary N) is 1. The van der Waals surface area contributed by atoms with E-state index in [2.05, 4.69) is 17.1 Å². The smallest absolute Gasteiger partial charge is 0.231 e. The molecule has 0 aromatic heterocycles. The van der Waals surface area contributed by atoms with Gasteiger partial charge in [-0.25, -0.2) is 0 Å². The Morgan fingerprint density at radius 2 is 1.95 bits per heavy atom. The van der Waals surface area contributed by atoms with E-state index >= 15 is 0 Å². The van der Waals surface area contributed by atoms with E-state index in [1.165, 1.54) is 51.4 Å². The van der Waals surface area contributed by atoms with E-state index in [-0.39, 0.29) is 5.91 Å². The van der Waals surface area contributed by atoms with Gasteiger partial charge in [-0.3, -0.25) is 9.69 Å². The number of hydrogen-bond acceptors (Lipinski definition) is 3. The van der Waals surface area contributed by atoms with Crippen molar-refractivity contribution in [1.29, 1.82) is 0 Å². The minimum Gasteiger partial charge on any atom is -0.369 e. The van der Waals surface area contributed by atoms with Gasteiger partial charge in [0.2, 0.25) is 5.91 Å². The quantitative estimate of drug-likeness (QED) is 0.756. The van der Waals surface area contributed by atoms with Crippen LogP contribution < -0.4 is 11.1 Å². The highest BCUT2D eigenvalue weighted by atomic mass is 16.1. The number of hydrogen-bond donors (Lipinski definition) is 2. The molecular formula is C17H33N3O. The molecule has 2 rings (SSSR count). The third-order valence-electron chi connectivity index (χ3n) is 5.11. The fraction of sp³-hybridized carbons (Fsp3) is 0.941. The van der Waals surface area contributed by atoms with Crippen LogP contribution in [0.5, 0.6) is 0 Å². The molecule has 2 fully saturated rings. The van der Waals surface area contributed by atoms with Gasteiger partial charge in [-0.15, -0.1) is 0 Å². The molecular weight excluding hydrogens is 262 g/mol. The number of rotatable bonds is 7. The van der Waals surface area contributed by atoms with Crippen LogP contribution in [0.15, 0.2) is 0 Å². The van der Waals surface area contributed by atoms with Crippen LogP contribution in [0, 0.1) is 11.8 Å². The fourth-order valence-corrected chi connectivity index (χ4v) is 4.14. The van der Waals surface area contributed by atoms with Crippen molar-refractivity contribution in [3.8, 4) is 0 Å². The summed E-state index contributed by atoms with van der Waals surface area (Å²) in [5.41, 5.74) is 5.38. The average Bonchev–Trinajstić information content (AvgIpc) is 2.46. The maximum absolute atomic E-state index is 11.2. The SMILES string of the molecule is CCCC1CC(NCC2CCCCC2)CN(CC(N)=O)C1. The Morgan fingerprint density at radius 3 is 2.62 bits per heavy atom. The Kier molecular flexibility index (Phi) is 6.97. The molecule has 2 unspecified atom stereocenters. The second-order valence-corrected chi connectivity index (χ2v) is 7.16. The second-order valence-electron chi connectivity index (χ2n) is 7.16. The summed E-state index contributed by atoms with van der Waals surface area (Å²) < 4.78 is 0. The number of amides is 1. The van der Waals surface area contributed by atoms with Crippen LogP contribution in [0.1, 0.15) is 58.3 Å². The first-order chi connectivity index (χ1) is 10.2. The van der Waals surface area contributed by atoms with Gasteiger partial charge in [0, 0.05) is 19.1 Å². The summed E-state index contributed by atoms with van der Waals surface area (Å²) in [6.07, 6.45) is 10.8. The lowest BCUT2D eigenvalue weighted by Crippen LogP contribution is -2.52. The van der Waals surface area contributed by atoms with E-state index in [9.17, 15) is 4.79 Å². The summed E-state index contributed by atoms with van der Waals surface area (Å²) in [5, 5.41) is 3.79. The number of primary amides is 1. The summed E-state index contributed by atoms with van der Waals surface area (Å²) in [4.78, 5) is 13.5.